The molecule has 0 heteroatoms. The summed E-state index contributed by atoms with van der Waals surface area (Å²) in [5.41, 5.74) is 20.6. The van der Waals surface area contributed by atoms with Gasteiger partial charge in [0.2, 0.25) is 0 Å². The molecule has 0 bridgehead atoms. The van der Waals surface area contributed by atoms with E-state index in [1.165, 1.54) is 88.7 Å². The summed E-state index contributed by atoms with van der Waals surface area (Å²) in [6.07, 6.45) is 0. The number of hydrogen-bond acceptors (Lipinski definition) is 0. The molecule has 0 saturated carbocycles. The third kappa shape index (κ3) is 1.76. The number of benzene rings is 3. The second kappa shape index (κ2) is 5.22. The van der Waals surface area contributed by atoms with E-state index in [0.29, 0.717) is 0 Å². The Morgan fingerprint density at radius 2 is 0.500 bits per heavy atom. The van der Waals surface area contributed by atoms with Gasteiger partial charge in [0.15, 0.2) is 0 Å². The highest BCUT2D eigenvalue weighted by Crippen LogP contribution is 2.56. The van der Waals surface area contributed by atoms with Crippen molar-refractivity contribution in [2.45, 2.75) is 69.2 Å². The van der Waals surface area contributed by atoms with Crippen molar-refractivity contribution < 1.29 is 0 Å². The fourth-order valence-electron chi connectivity index (χ4n) is 5.28. The molecule has 3 aromatic rings. The SMILES string of the molecule is Cc1c(C)c(C)c2c(c1C)-c1c(C)c(C)c(C)c3c(C)c(C)c(C)c-2c13. The first-order valence-corrected chi connectivity index (χ1v) is 9.75. The molecule has 0 aromatic heterocycles. The van der Waals surface area contributed by atoms with Crippen molar-refractivity contribution in [1.29, 1.82) is 0 Å². The van der Waals surface area contributed by atoms with Gasteiger partial charge in [0.25, 0.3) is 0 Å². The van der Waals surface area contributed by atoms with Gasteiger partial charge in [0.1, 0.15) is 0 Å². The normalized spacial score (nSPS) is 12.2. The van der Waals surface area contributed by atoms with Crippen molar-refractivity contribution in [3.05, 3.63) is 55.6 Å². The van der Waals surface area contributed by atoms with Crippen molar-refractivity contribution in [3.8, 4) is 22.3 Å². The average Bonchev–Trinajstić information content (AvgIpc) is 2.96. The van der Waals surface area contributed by atoms with Crippen LogP contribution in [0.1, 0.15) is 55.6 Å². The van der Waals surface area contributed by atoms with Gasteiger partial charge >= 0.3 is 0 Å². The minimum Gasteiger partial charge on any atom is -0.0443 e. The second-order valence-electron chi connectivity index (χ2n) is 8.50. The molecule has 0 radical (unpaired) electrons. The van der Waals surface area contributed by atoms with Crippen LogP contribution in [0, 0.1) is 69.2 Å². The Kier molecular flexibility index (Phi) is 3.48. The molecule has 0 saturated heterocycles. The van der Waals surface area contributed by atoms with Crippen molar-refractivity contribution in [2.24, 2.45) is 0 Å². The van der Waals surface area contributed by atoms with Crippen LogP contribution in [0.5, 0.6) is 0 Å². The molecule has 0 fully saturated rings. The van der Waals surface area contributed by atoms with Gasteiger partial charge in [-0.05, 0) is 158 Å². The Hall–Kier alpha value is -2.08. The molecule has 4 rings (SSSR count). The van der Waals surface area contributed by atoms with E-state index < -0.39 is 0 Å². The lowest BCUT2D eigenvalue weighted by molar-refractivity contribution is 1.22. The van der Waals surface area contributed by atoms with Crippen molar-refractivity contribution in [2.75, 3.05) is 0 Å². The maximum atomic E-state index is 2.32. The molecule has 0 N–H and O–H groups in total. The average molecular weight is 343 g/mol. The first kappa shape index (κ1) is 17.3. The number of hydrogen-bond donors (Lipinski definition) is 0. The predicted octanol–water partition coefficient (Wildman–Crippen LogP) is 7.57. The number of fused-ring (bicyclic) bond motifs is 3. The highest BCUT2D eigenvalue weighted by atomic mass is 14.4. The molecule has 1 aliphatic rings. The van der Waals surface area contributed by atoms with Crippen LogP contribution in [0.3, 0.4) is 0 Å². The third-order valence-corrected chi connectivity index (χ3v) is 7.69. The summed E-state index contributed by atoms with van der Waals surface area (Å²) in [6.45, 7) is 23.1. The van der Waals surface area contributed by atoms with Crippen molar-refractivity contribution in [3.63, 3.8) is 0 Å². The fourth-order valence-corrected chi connectivity index (χ4v) is 5.28. The Morgan fingerprint density at radius 1 is 0.231 bits per heavy atom. The topological polar surface area (TPSA) is 0 Å². The van der Waals surface area contributed by atoms with E-state index in [1.54, 1.807) is 0 Å². The van der Waals surface area contributed by atoms with Gasteiger partial charge in [-0.2, -0.15) is 0 Å². The lowest BCUT2D eigenvalue weighted by Gasteiger charge is -2.19. The van der Waals surface area contributed by atoms with Crippen LogP contribution in [-0.2, 0) is 0 Å². The van der Waals surface area contributed by atoms with Crippen LogP contribution in [0.2, 0.25) is 0 Å². The van der Waals surface area contributed by atoms with Crippen LogP contribution in [0.15, 0.2) is 0 Å². The summed E-state index contributed by atoms with van der Waals surface area (Å²) >= 11 is 0. The van der Waals surface area contributed by atoms with Crippen molar-refractivity contribution in [1.82, 2.24) is 0 Å². The standard InChI is InChI=1S/C26H30/c1-11-12(2)18(8)23-22(17(11)7)24-19(9)13(3)15(5)21-16(6)14(4)20(10)25(23)26(21)24/h1-10H3. The van der Waals surface area contributed by atoms with Crippen LogP contribution in [0.4, 0.5) is 0 Å². The van der Waals surface area contributed by atoms with E-state index in [-0.39, 0.29) is 0 Å². The summed E-state index contributed by atoms with van der Waals surface area (Å²) in [7, 11) is 0. The molecule has 0 heterocycles. The van der Waals surface area contributed by atoms with Gasteiger partial charge in [-0.15, -0.1) is 0 Å². The third-order valence-electron chi connectivity index (χ3n) is 7.69. The molecular weight excluding hydrogens is 312 g/mol. The number of aryl methyl sites for hydroxylation is 2. The molecule has 3 aromatic carbocycles. The van der Waals surface area contributed by atoms with Gasteiger partial charge in [-0.25, -0.2) is 0 Å². The number of rotatable bonds is 0. The first-order chi connectivity index (χ1) is 12.1. The molecular formula is C26H30. The Balaban J connectivity index is 2.45. The second-order valence-corrected chi connectivity index (χ2v) is 8.50. The predicted molar refractivity (Wildman–Crippen MR) is 116 cm³/mol. The Labute approximate surface area is 158 Å². The largest absolute Gasteiger partial charge is 0.0443 e. The van der Waals surface area contributed by atoms with Gasteiger partial charge in [-0.1, -0.05) is 0 Å². The minimum absolute atomic E-state index is 1.45. The highest BCUT2D eigenvalue weighted by Gasteiger charge is 2.32. The quantitative estimate of drug-likeness (QED) is 0.309. The summed E-state index contributed by atoms with van der Waals surface area (Å²) < 4.78 is 0. The summed E-state index contributed by atoms with van der Waals surface area (Å²) in [4.78, 5) is 0. The minimum atomic E-state index is 1.45. The van der Waals surface area contributed by atoms with Crippen LogP contribution < -0.4 is 0 Å². The molecule has 26 heavy (non-hydrogen) atoms. The highest BCUT2D eigenvalue weighted by molar-refractivity contribution is 6.21. The summed E-state index contributed by atoms with van der Waals surface area (Å²) in [5, 5.41) is 3.00. The maximum absolute atomic E-state index is 2.32. The molecule has 1 aliphatic carbocycles. The lowest BCUT2D eigenvalue weighted by Crippen LogP contribution is -1.98. The van der Waals surface area contributed by atoms with Crippen LogP contribution in [0.25, 0.3) is 33.0 Å². The Bertz CT molecular complexity index is 1070. The molecule has 0 nitrogen and oxygen atoms in total. The van der Waals surface area contributed by atoms with E-state index in [1.807, 2.05) is 0 Å². The van der Waals surface area contributed by atoms with Gasteiger partial charge in [0.05, 0.1) is 0 Å². The zero-order chi connectivity index (χ0) is 19.2. The van der Waals surface area contributed by atoms with Crippen LogP contribution >= 0.6 is 0 Å². The Morgan fingerprint density at radius 3 is 0.846 bits per heavy atom. The zero-order valence-electron chi connectivity index (χ0n) is 18.0. The summed E-state index contributed by atoms with van der Waals surface area (Å²) in [6, 6.07) is 0. The first-order valence-electron chi connectivity index (χ1n) is 9.75. The smallest absolute Gasteiger partial charge is 0.00151 e. The zero-order valence-corrected chi connectivity index (χ0v) is 18.0. The molecule has 0 spiro atoms. The molecule has 0 aliphatic heterocycles. The van der Waals surface area contributed by atoms with E-state index in [4.69, 9.17) is 0 Å². The van der Waals surface area contributed by atoms with Gasteiger partial charge < -0.3 is 0 Å². The van der Waals surface area contributed by atoms with E-state index in [9.17, 15) is 0 Å². The van der Waals surface area contributed by atoms with Crippen LogP contribution in [-0.4, -0.2) is 0 Å². The molecule has 0 unspecified atom stereocenters. The van der Waals surface area contributed by atoms with E-state index in [0.717, 1.165) is 0 Å². The van der Waals surface area contributed by atoms with Crippen molar-refractivity contribution >= 4 is 10.8 Å². The molecule has 134 valence electrons. The molecule has 0 amide bonds. The molecule has 0 atom stereocenters. The fraction of sp³-hybridized carbons (Fsp3) is 0.385. The maximum Gasteiger partial charge on any atom is -0.00151 e. The van der Waals surface area contributed by atoms with Gasteiger partial charge in [-0.3, -0.25) is 0 Å². The van der Waals surface area contributed by atoms with Gasteiger partial charge in [0, 0.05) is 0 Å². The lowest BCUT2D eigenvalue weighted by atomic mass is 9.85. The van der Waals surface area contributed by atoms with E-state index in [2.05, 4.69) is 69.2 Å². The van der Waals surface area contributed by atoms with E-state index >= 15 is 0 Å². The monoisotopic (exact) mass is 342 g/mol. The summed E-state index contributed by atoms with van der Waals surface area (Å²) in [5.74, 6) is 0.